The molecular weight excluding hydrogens is 262 g/mol. The lowest BCUT2D eigenvalue weighted by molar-refractivity contribution is 0.313. The van der Waals surface area contributed by atoms with Crippen LogP contribution in [0.3, 0.4) is 0 Å². The minimum atomic E-state index is -2.92. The fraction of sp³-hybridized carbons (Fsp3) is 0.769. The molecule has 1 N–H and O–H groups in total. The molecule has 1 aliphatic rings. The monoisotopic (exact) mass is 285 g/mol. The van der Waals surface area contributed by atoms with Crippen molar-refractivity contribution in [2.24, 2.45) is 0 Å². The van der Waals surface area contributed by atoms with E-state index >= 15 is 0 Å². The highest BCUT2D eigenvalue weighted by molar-refractivity contribution is 7.91. The Balaban J connectivity index is 2.45. The highest BCUT2D eigenvalue weighted by Crippen LogP contribution is 2.34. The van der Waals surface area contributed by atoms with Gasteiger partial charge in [-0.1, -0.05) is 13.8 Å². The van der Waals surface area contributed by atoms with Gasteiger partial charge in [0.15, 0.2) is 9.84 Å². The maximum absolute atomic E-state index is 11.8. The molecule has 0 bridgehead atoms. The van der Waals surface area contributed by atoms with Gasteiger partial charge in [0.25, 0.3) is 0 Å². The third-order valence-corrected chi connectivity index (χ3v) is 5.68. The first kappa shape index (κ1) is 14.5. The number of hydrogen-bond acceptors (Lipinski definition) is 4. The Bertz CT molecular complexity index is 562. The fourth-order valence-electron chi connectivity index (χ4n) is 2.92. The van der Waals surface area contributed by atoms with Gasteiger partial charge in [0, 0.05) is 17.8 Å². The van der Waals surface area contributed by atoms with Gasteiger partial charge in [0.2, 0.25) is 0 Å². The lowest BCUT2D eigenvalue weighted by Crippen LogP contribution is -2.34. The van der Waals surface area contributed by atoms with Crippen molar-refractivity contribution in [3.63, 3.8) is 0 Å². The van der Waals surface area contributed by atoms with Crippen molar-refractivity contribution in [2.75, 3.05) is 18.6 Å². The van der Waals surface area contributed by atoms with Crippen molar-refractivity contribution >= 4 is 9.84 Å². The largest absolute Gasteiger partial charge is 0.316 e. The minimum absolute atomic E-state index is 0.195. The molecule has 1 fully saturated rings. The van der Waals surface area contributed by atoms with Gasteiger partial charge in [0.1, 0.15) is 0 Å². The summed E-state index contributed by atoms with van der Waals surface area (Å²) in [7, 11) is -1.02. The van der Waals surface area contributed by atoms with Crippen molar-refractivity contribution in [2.45, 2.75) is 45.2 Å². The Morgan fingerprint density at radius 1 is 1.53 bits per heavy atom. The molecule has 0 saturated carbocycles. The van der Waals surface area contributed by atoms with E-state index in [0.717, 1.165) is 17.8 Å². The molecule has 2 heterocycles. The van der Waals surface area contributed by atoms with Crippen LogP contribution in [0.4, 0.5) is 0 Å². The van der Waals surface area contributed by atoms with Gasteiger partial charge < -0.3 is 5.32 Å². The first-order valence-corrected chi connectivity index (χ1v) is 8.53. The Hall–Kier alpha value is -0.880. The average Bonchev–Trinajstić information content (AvgIpc) is 2.82. The molecule has 2 rings (SSSR count). The van der Waals surface area contributed by atoms with Crippen LogP contribution in [-0.4, -0.2) is 36.8 Å². The van der Waals surface area contributed by atoms with Gasteiger partial charge in [-0.15, -0.1) is 0 Å². The quantitative estimate of drug-likeness (QED) is 0.904. The number of rotatable bonds is 4. The number of nitrogens with one attached hydrogen (secondary N) is 1. The second-order valence-corrected chi connectivity index (χ2v) is 8.17. The van der Waals surface area contributed by atoms with Crippen molar-refractivity contribution in [3.05, 3.63) is 17.5 Å². The van der Waals surface area contributed by atoms with Gasteiger partial charge in [-0.25, -0.2) is 8.42 Å². The van der Waals surface area contributed by atoms with E-state index in [1.807, 2.05) is 24.9 Å². The molecule has 6 heteroatoms. The smallest absolute Gasteiger partial charge is 0.152 e. The topological polar surface area (TPSA) is 64.0 Å². The molecule has 1 atom stereocenters. The van der Waals surface area contributed by atoms with E-state index in [0.29, 0.717) is 12.3 Å². The molecule has 19 heavy (non-hydrogen) atoms. The van der Waals surface area contributed by atoms with Crippen LogP contribution in [0.15, 0.2) is 6.20 Å². The van der Waals surface area contributed by atoms with Crippen LogP contribution >= 0.6 is 0 Å². The Morgan fingerprint density at radius 3 is 2.68 bits per heavy atom. The van der Waals surface area contributed by atoms with Crippen LogP contribution < -0.4 is 5.32 Å². The maximum atomic E-state index is 11.8. The number of sulfone groups is 1. The standard InChI is InChI=1S/C13H23N3O2S/c1-10(2)12-11(7-14-4)8-15-16(12)13(3)5-6-19(17,18)9-13/h8,10,14H,5-7,9H2,1-4H3. The molecule has 1 saturated heterocycles. The molecule has 1 aromatic rings. The first-order chi connectivity index (χ1) is 8.79. The Kier molecular flexibility index (Phi) is 3.75. The van der Waals surface area contributed by atoms with E-state index in [1.165, 1.54) is 0 Å². The predicted octanol–water partition coefficient (Wildman–Crippen LogP) is 1.26. The second-order valence-electron chi connectivity index (χ2n) is 5.99. The summed E-state index contributed by atoms with van der Waals surface area (Å²) in [6, 6.07) is 0. The summed E-state index contributed by atoms with van der Waals surface area (Å²) >= 11 is 0. The van der Waals surface area contributed by atoms with E-state index in [4.69, 9.17) is 0 Å². The summed E-state index contributed by atoms with van der Waals surface area (Å²) in [6.07, 6.45) is 2.51. The summed E-state index contributed by atoms with van der Waals surface area (Å²) in [4.78, 5) is 0. The third kappa shape index (κ3) is 2.69. The van der Waals surface area contributed by atoms with Crippen LogP contribution in [0.1, 0.15) is 44.4 Å². The number of aromatic nitrogens is 2. The van der Waals surface area contributed by atoms with E-state index in [9.17, 15) is 8.42 Å². The molecule has 0 aromatic carbocycles. The summed E-state index contributed by atoms with van der Waals surface area (Å²) in [5.74, 6) is 0.786. The van der Waals surface area contributed by atoms with Crippen LogP contribution in [-0.2, 0) is 21.9 Å². The van der Waals surface area contributed by atoms with Crippen molar-refractivity contribution < 1.29 is 8.42 Å². The fourth-order valence-corrected chi connectivity index (χ4v) is 5.03. The lowest BCUT2D eigenvalue weighted by Gasteiger charge is -2.27. The molecule has 0 amide bonds. The van der Waals surface area contributed by atoms with Gasteiger partial charge in [-0.05, 0) is 26.3 Å². The Morgan fingerprint density at radius 2 is 2.21 bits per heavy atom. The van der Waals surface area contributed by atoms with E-state index in [-0.39, 0.29) is 11.5 Å². The van der Waals surface area contributed by atoms with Gasteiger partial charge in [0.05, 0.1) is 23.2 Å². The van der Waals surface area contributed by atoms with Crippen molar-refractivity contribution in [1.29, 1.82) is 0 Å². The van der Waals surface area contributed by atoms with E-state index < -0.39 is 15.4 Å². The molecule has 108 valence electrons. The van der Waals surface area contributed by atoms with Gasteiger partial charge in [-0.2, -0.15) is 5.10 Å². The molecule has 5 nitrogen and oxygen atoms in total. The van der Waals surface area contributed by atoms with Gasteiger partial charge in [-0.3, -0.25) is 4.68 Å². The lowest BCUT2D eigenvalue weighted by atomic mass is 9.98. The molecule has 1 aromatic heterocycles. The second kappa shape index (κ2) is 4.90. The highest BCUT2D eigenvalue weighted by Gasteiger charge is 2.42. The minimum Gasteiger partial charge on any atom is -0.316 e. The SMILES string of the molecule is CNCc1cnn(C2(C)CCS(=O)(=O)C2)c1C(C)C. The molecule has 1 aliphatic heterocycles. The zero-order valence-electron chi connectivity index (χ0n) is 12.1. The highest BCUT2D eigenvalue weighted by atomic mass is 32.2. The van der Waals surface area contributed by atoms with E-state index in [1.54, 1.807) is 0 Å². The molecule has 0 spiro atoms. The molecule has 0 aliphatic carbocycles. The Labute approximate surface area is 115 Å². The van der Waals surface area contributed by atoms with Crippen LogP contribution in [0.25, 0.3) is 0 Å². The van der Waals surface area contributed by atoms with E-state index in [2.05, 4.69) is 24.3 Å². The van der Waals surface area contributed by atoms with Crippen molar-refractivity contribution in [3.8, 4) is 0 Å². The molecular formula is C13H23N3O2S. The van der Waals surface area contributed by atoms with Crippen LogP contribution in [0.5, 0.6) is 0 Å². The maximum Gasteiger partial charge on any atom is 0.152 e. The molecule has 1 unspecified atom stereocenters. The first-order valence-electron chi connectivity index (χ1n) is 6.71. The zero-order valence-corrected chi connectivity index (χ0v) is 12.9. The summed E-state index contributed by atoms with van der Waals surface area (Å²) in [5.41, 5.74) is 1.90. The van der Waals surface area contributed by atoms with Crippen LogP contribution in [0, 0.1) is 0 Å². The normalized spacial score (nSPS) is 26.2. The predicted molar refractivity (Wildman–Crippen MR) is 76.0 cm³/mol. The number of nitrogens with zero attached hydrogens (tertiary/aromatic N) is 2. The van der Waals surface area contributed by atoms with Crippen LogP contribution in [0.2, 0.25) is 0 Å². The zero-order chi connectivity index (χ0) is 14.3. The van der Waals surface area contributed by atoms with Crippen molar-refractivity contribution in [1.82, 2.24) is 15.1 Å². The third-order valence-electron chi connectivity index (χ3n) is 3.79. The number of hydrogen-bond donors (Lipinski definition) is 1. The van der Waals surface area contributed by atoms with Gasteiger partial charge >= 0.3 is 0 Å². The summed E-state index contributed by atoms with van der Waals surface area (Å²) in [6.45, 7) is 7.01. The molecule has 0 radical (unpaired) electrons. The summed E-state index contributed by atoms with van der Waals surface area (Å²) < 4.78 is 25.5. The summed E-state index contributed by atoms with van der Waals surface area (Å²) in [5, 5.41) is 7.63. The average molecular weight is 285 g/mol.